The Morgan fingerprint density at radius 2 is 1.67 bits per heavy atom. The summed E-state index contributed by atoms with van der Waals surface area (Å²) >= 11 is 0. The maximum Gasteiger partial charge on any atom is 0.310 e. The third kappa shape index (κ3) is 3.62. The molecule has 3 heterocycles. The number of nitrogens with zero attached hydrogens (tertiary/aromatic N) is 1. The maximum absolute atomic E-state index is 13.4. The molecule has 10 heteroatoms. The topological polar surface area (TPSA) is 113 Å². The van der Waals surface area contributed by atoms with Crippen molar-refractivity contribution >= 4 is 22.6 Å². The van der Waals surface area contributed by atoms with Gasteiger partial charge in [0.1, 0.15) is 0 Å². The number of esters is 1. The number of methoxy groups -OCH3 is 3. The van der Waals surface area contributed by atoms with Crippen molar-refractivity contribution in [2.45, 2.75) is 12.0 Å². The fraction of sp³-hybridized carbons (Fsp3) is 0.310. The number of aromatic nitrogens is 2. The molecule has 0 radical (unpaired) electrons. The molecule has 0 saturated carbocycles. The Balaban J connectivity index is 1.41. The van der Waals surface area contributed by atoms with Crippen LogP contribution in [0.5, 0.6) is 28.7 Å². The molecule has 1 saturated heterocycles. The number of aromatic amines is 1. The van der Waals surface area contributed by atoms with Gasteiger partial charge in [0.05, 0.1) is 51.6 Å². The highest BCUT2D eigenvalue weighted by atomic mass is 16.7. The molecule has 0 unspecified atom stereocenters. The van der Waals surface area contributed by atoms with Crippen molar-refractivity contribution in [3.8, 4) is 28.7 Å². The van der Waals surface area contributed by atoms with Gasteiger partial charge in [0, 0.05) is 22.9 Å². The quantitative estimate of drug-likeness (QED) is 0.351. The molecule has 0 spiro atoms. The van der Waals surface area contributed by atoms with Crippen LogP contribution in [0, 0.1) is 11.8 Å². The molecule has 4 aromatic rings. The van der Waals surface area contributed by atoms with E-state index >= 15 is 0 Å². The van der Waals surface area contributed by atoms with Crippen LogP contribution in [0.3, 0.4) is 0 Å². The predicted molar refractivity (Wildman–Crippen MR) is 141 cm³/mol. The average molecular weight is 530 g/mol. The number of nitrogens with one attached hydrogen (secondary N) is 2. The van der Waals surface area contributed by atoms with Crippen LogP contribution in [-0.2, 0) is 9.53 Å². The molecule has 1 fully saturated rings. The van der Waals surface area contributed by atoms with Crippen LogP contribution in [0.4, 0.5) is 5.69 Å². The third-order valence-corrected chi connectivity index (χ3v) is 8.00. The fourth-order valence-corrected chi connectivity index (χ4v) is 6.24. The van der Waals surface area contributed by atoms with E-state index < -0.39 is 5.92 Å². The molecule has 7 rings (SSSR count). The van der Waals surface area contributed by atoms with Gasteiger partial charge in [0.15, 0.2) is 23.0 Å². The molecule has 3 aromatic carbocycles. The summed E-state index contributed by atoms with van der Waals surface area (Å²) in [6.45, 7) is 0.443. The van der Waals surface area contributed by atoms with E-state index in [1.165, 1.54) is 0 Å². The zero-order chi connectivity index (χ0) is 26.7. The third-order valence-electron chi connectivity index (χ3n) is 8.00. The molecule has 3 aliphatic rings. The first-order valence-corrected chi connectivity index (χ1v) is 12.7. The molecule has 10 nitrogen and oxygen atoms in total. The molecule has 2 N–H and O–H groups in total. The number of benzene rings is 3. The van der Waals surface area contributed by atoms with E-state index in [-0.39, 0.29) is 30.6 Å². The number of cyclic esters (lactones) is 1. The monoisotopic (exact) mass is 529 g/mol. The number of rotatable bonds is 6. The molecule has 4 atom stereocenters. The van der Waals surface area contributed by atoms with E-state index in [0.717, 1.165) is 33.3 Å². The standard InChI is InChI=1S/C29H27N3O7/c1-34-23-6-15(7-24(35-2)28(23)36-3)25-17-9-21-22(39-13-38-21)10-18(17)27(19-12-37-29(33)26(19)25)31-16-5-4-14-11-30-32-20(14)8-16/h4-11,19,25-27,31H,12-13H2,1-3H3,(H,30,32)/t19-,25+,26-,27+/m0/s1. The van der Waals surface area contributed by atoms with Crippen LogP contribution >= 0.6 is 0 Å². The minimum Gasteiger partial charge on any atom is -0.493 e. The number of ether oxygens (including phenoxy) is 6. The Morgan fingerprint density at radius 3 is 2.38 bits per heavy atom. The fourth-order valence-electron chi connectivity index (χ4n) is 6.24. The minimum absolute atomic E-state index is 0.146. The second-order valence-electron chi connectivity index (χ2n) is 9.88. The van der Waals surface area contributed by atoms with Crippen LogP contribution in [-0.4, -0.2) is 50.9 Å². The molecule has 200 valence electrons. The van der Waals surface area contributed by atoms with Gasteiger partial charge < -0.3 is 33.7 Å². The second-order valence-corrected chi connectivity index (χ2v) is 9.88. The smallest absolute Gasteiger partial charge is 0.310 e. The normalized spacial score (nSPS) is 22.7. The van der Waals surface area contributed by atoms with Gasteiger partial charge in [0.2, 0.25) is 12.5 Å². The number of anilines is 1. The predicted octanol–water partition coefficient (Wildman–Crippen LogP) is 4.41. The summed E-state index contributed by atoms with van der Waals surface area (Å²) < 4.78 is 34.1. The number of H-pyrrole nitrogens is 1. The minimum atomic E-state index is -0.450. The summed E-state index contributed by atoms with van der Waals surface area (Å²) in [4.78, 5) is 13.4. The SMILES string of the molecule is COc1cc([C@@H]2c3cc4c(cc3[C@@H](Nc3ccc5cn[nH]c5c3)[C@H]3COC(=O)[C@H]23)OCO4)cc(OC)c1OC. The van der Waals surface area contributed by atoms with Crippen molar-refractivity contribution in [1.29, 1.82) is 0 Å². The Labute approximate surface area is 224 Å². The molecule has 39 heavy (non-hydrogen) atoms. The number of fused-ring (bicyclic) bond motifs is 4. The summed E-state index contributed by atoms with van der Waals surface area (Å²) in [5.74, 6) is 1.68. The Kier molecular flexibility index (Phi) is 5.43. The van der Waals surface area contributed by atoms with Gasteiger partial charge in [-0.2, -0.15) is 5.10 Å². The van der Waals surface area contributed by atoms with Crippen molar-refractivity contribution in [3.63, 3.8) is 0 Å². The molecular formula is C29H27N3O7. The first-order valence-electron chi connectivity index (χ1n) is 12.7. The highest BCUT2D eigenvalue weighted by Gasteiger charge is 2.52. The average Bonchev–Trinajstić information content (AvgIpc) is 3.71. The van der Waals surface area contributed by atoms with Crippen molar-refractivity contribution in [3.05, 3.63) is 65.4 Å². The van der Waals surface area contributed by atoms with Crippen LogP contribution < -0.4 is 29.0 Å². The summed E-state index contributed by atoms with van der Waals surface area (Å²) in [6, 6.07) is 13.6. The highest BCUT2D eigenvalue weighted by Crippen LogP contribution is 2.56. The number of hydrogen-bond donors (Lipinski definition) is 2. The molecular weight excluding hydrogens is 502 g/mol. The van der Waals surface area contributed by atoms with Crippen molar-refractivity contribution in [1.82, 2.24) is 10.2 Å². The molecule has 0 amide bonds. The number of carbonyl (C=O) groups excluding carboxylic acids is 1. The number of hydrogen-bond acceptors (Lipinski definition) is 9. The summed E-state index contributed by atoms with van der Waals surface area (Å²) in [5.41, 5.74) is 4.66. The van der Waals surface area contributed by atoms with Gasteiger partial charge in [-0.15, -0.1) is 0 Å². The van der Waals surface area contributed by atoms with Crippen LogP contribution in [0.25, 0.3) is 10.9 Å². The van der Waals surface area contributed by atoms with E-state index in [1.54, 1.807) is 27.5 Å². The lowest BCUT2D eigenvalue weighted by atomic mass is 9.65. The van der Waals surface area contributed by atoms with E-state index in [1.807, 2.05) is 42.5 Å². The molecule has 0 bridgehead atoms. The van der Waals surface area contributed by atoms with Gasteiger partial charge in [-0.3, -0.25) is 9.89 Å². The first-order chi connectivity index (χ1) is 19.1. The zero-order valence-electron chi connectivity index (χ0n) is 21.6. The lowest BCUT2D eigenvalue weighted by Crippen LogP contribution is -2.37. The van der Waals surface area contributed by atoms with Crippen LogP contribution in [0.15, 0.2) is 48.7 Å². The van der Waals surface area contributed by atoms with Gasteiger partial charge >= 0.3 is 5.97 Å². The largest absolute Gasteiger partial charge is 0.493 e. The van der Waals surface area contributed by atoms with Crippen molar-refractivity contribution < 1.29 is 33.2 Å². The Morgan fingerprint density at radius 1 is 0.923 bits per heavy atom. The molecule has 1 aromatic heterocycles. The van der Waals surface area contributed by atoms with Gasteiger partial charge in [-0.1, -0.05) is 0 Å². The van der Waals surface area contributed by atoms with Gasteiger partial charge in [0.25, 0.3) is 0 Å². The highest BCUT2D eigenvalue weighted by molar-refractivity contribution is 5.82. The maximum atomic E-state index is 13.4. The van der Waals surface area contributed by atoms with Gasteiger partial charge in [-0.25, -0.2) is 0 Å². The zero-order valence-corrected chi connectivity index (χ0v) is 21.6. The first kappa shape index (κ1) is 23.5. The Hall–Kier alpha value is -4.60. The van der Waals surface area contributed by atoms with E-state index in [2.05, 4.69) is 15.5 Å². The summed E-state index contributed by atoms with van der Waals surface area (Å²) in [5, 5.41) is 11.9. The Bertz CT molecular complexity index is 1570. The second kappa shape index (κ2) is 9.00. The van der Waals surface area contributed by atoms with Crippen LogP contribution in [0.1, 0.15) is 28.7 Å². The summed E-state index contributed by atoms with van der Waals surface area (Å²) in [6.07, 6.45) is 1.79. The number of carbonyl (C=O) groups is 1. The van der Waals surface area contributed by atoms with Crippen molar-refractivity contribution in [2.75, 3.05) is 40.0 Å². The van der Waals surface area contributed by atoms with Crippen LogP contribution in [0.2, 0.25) is 0 Å². The molecule has 2 aliphatic heterocycles. The lowest BCUT2D eigenvalue weighted by Gasteiger charge is -2.40. The van der Waals surface area contributed by atoms with E-state index in [9.17, 15) is 4.79 Å². The van der Waals surface area contributed by atoms with Gasteiger partial charge in [-0.05, 0) is 59.2 Å². The lowest BCUT2D eigenvalue weighted by molar-refractivity contribution is -0.141. The van der Waals surface area contributed by atoms with Crippen molar-refractivity contribution in [2.24, 2.45) is 11.8 Å². The summed E-state index contributed by atoms with van der Waals surface area (Å²) in [7, 11) is 4.73. The molecule has 1 aliphatic carbocycles. The van der Waals surface area contributed by atoms with E-state index in [0.29, 0.717) is 35.4 Å². The van der Waals surface area contributed by atoms with E-state index in [4.69, 9.17) is 28.4 Å².